The Bertz CT molecular complexity index is 558. The Labute approximate surface area is 80.4 Å². The van der Waals surface area contributed by atoms with E-state index in [0.29, 0.717) is 16.7 Å². The van der Waals surface area contributed by atoms with Crippen LogP contribution < -0.4 is 5.56 Å². The van der Waals surface area contributed by atoms with E-state index in [1.165, 1.54) is 16.7 Å². The number of fused-ring (bicyclic) bond motifs is 1. The summed E-state index contributed by atoms with van der Waals surface area (Å²) in [6, 6.07) is 4.56. The highest BCUT2D eigenvalue weighted by Crippen LogP contribution is 2.15. The average molecular weight is 190 g/mol. The first-order valence-corrected chi connectivity index (χ1v) is 4.26. The lowest BCUT2D eigenvalue weighted by atomic mass is 10.2. The molecule has 0 amide bonds. The Morgan fingerprint density at radius 1 is 1.43 bits per heavy atom. The number of aromatic hydroxyl groups is 1. The Morgan fingerprint density at radius 3 is 2.86 bits per heavy atom. The van der Waals surface area contributed by atoms with Gasteiger partial charge < -0.3 is 5.11 Å². The van der Waals surface area contributed by atoms with Crippen molar-refractivity contribution in [2.45, 2.75) is 6.92 Å². The first kappa shape index (κ1) is 8.74. The molecule has 2 aromatic rings. The minimum absolute atomic E-state index is 0.0903. The summed E-state index contributed by atoms with van der Waals surface area (Å²) in [5, 5.41) is 9.76. The highest BCUT2D eigenvalue weighted by Gasteiger charge is 2.04. The van der Waals surface area contributed by atoms with E-state index in [2.05, 4.69) is 4.98 Å². The molecule has 0 fully saturated rings. The Hall–Kier alpha value is -1.84. The number of nitrogens with zero attached hydrogens (tertiary/aromatic N) is 2. The van der Waals surface area contributed by atoms with Crippen LogP contribution in [0.25, 0.3) is 10.9 Å². The van der Waals surface area contributed by atoms with Gasteiger partial charge in [-0.3, -0.25) is 9.36 Å². The molecule has 0 saturated carbocycles. The Balaban J connectivity index is 2.98. The average Bonchev–Trinajstić information content (AvgIpc) is 2.14. The zero-order chi connectivity index (χ0) is 10.3. The third-order valence-corrected chi connectivity index (χ3v) is 2.28. The number of phenolic OH excluding ortho intramolecular Hbond substituents is 1. The molecule has 0 saturated heterocycles. The molecule has 1 aromatic heterocycles. The highest BCUT2D eigenvalue weighted by molar-refractivity contribution is 5.78. The van der Waals surface area contributed by atoms with Crippen molar-refractivity contribution in [2.75, 3.05) is 0 Å². The number of benzene rings is 1. The van der Waals surface area contributed by atoms with E-state index in [-0.39, 0.29) is 11.3 Å². The molecule has 0 atom stereocenters. The molecule has 1 N–H and O–H groups in total. The molecule has 2 rings (SSSR count). The van der Waals surface area contributed by atoms with Gasteiger partial charge in [-0.05, 0) is 19.1 Å². The van der Waals surface area contributed by atoms with E-state index in [1.54, 1.807) is 20.0 Å². The maximum atomic E-state index is 11.7. The Kier molecular flexibility index (Phi) is 1.77. The largest absolute Gasteiger partial charge is 0.508 e. The number of aromatic nitrogens is 2. The molecule has 0 bridgehead atoms. The fourth-order valence-electron chi connectivity index (χ4n) is 1.37. The second-order valence-corrected chi connectivity index (χ2v) is 3.22. The summed E-state index contributed by atoms with van der Waals surface area (Å²) in [4.78, 5) is 15.9. The zero-order valence-corrected chi connectivity index (χ0v) is 7.98. The van der Waals surface area contributed by atoms with Gasteiger partial charge in [0.05, 0.1) is 10.9 Å². The van der Waals surface area contributed by atoms with Crippen LogP contribution >= 0.6 is 0 Å². The van der Waals surface area contributed by atoms with Gasteiger partial charge in [-0.25, -0.2) is 4.98 Å². The van der Waals surface area contributed by atoms with E-state index in [4.69, 9.17) is 0 Å². The van der Waals surface area contributed by atoms with Gasteiger partial charge in [0.15, 0.2) is 0 Å². The first-order valence-electron chi connectivity index (χ1n) is 4.26. The third kappa shape index (κ3) is 1.16. The standard InChI is InChI=1S/C10H10N2O2/c1-6-11-9-5-7(13)3-4-8(9)10(14)12(6)2/h3-5,13H,1-2H3. The first-order chi connectivity index (χ1) is 6.59. The topological polar surface area (TPSA) is 55.1 Å². The fourth-order valence-corrected chi connectivity index (χ4v) is 1.37. The lowest BCUT2D eigenvalue weighted by Gasteiger charge is -2.04. The number of rotatable bonds is 0. The van der Waals surface area contributed by atoms with Gasteiger partial charge in [-0.2, -0.15) is 0 Å². The van der Waals surface area contributed by atoms with E-state index >= 15 is 0 Å². The quantitative estimate of drug-likeness (QED) is 0.672. The van der Waals surface area contributed by atoms with Crippen LogP contribution in [0.4, 0.5) is 0 Å². The monoisotopic (exact) mass is 190 g/mol. The van der Waals surface area contributed by atoms with Crippen LogP contribution in [0.5, 0.6) is 5.75 Å². The molecule has 4 heteroatoms. The number of hydrogen-bond donors (Lipinski definition) is 1. The molecular formula is C10H10N2O2. The molecule has 0 aliphatic carbocycles. The molecule has 0 aliphatic rings. The molecular weight excluding hydrogens is 180 g/mol. The minimum Gasteiger partial charge on any atom is -0.508 e. The summed E-state index contributed by atoms with van der Waals surface area (Å²) < 4.78 is 1.49. The summed E-state index contributed by atoms with van der Waals surface area (Å²) in [7, 11) is 1.68. The van der Waals surface area contributed by atoms with Crippen molar-refractivity contribution in [3.63, 3.8) is 0 Å². The van der Waals surface area contributed by atoms with Crippen molar-refractivity contribution in [1.82, 2.24) is 9.55 Å². The van der Waals surface area contributed by atoms with Gasteiger partial charge in [0.1, 0.15) is 11.6 Å². The lowest BCUT2D eigenvalue weighted by molar-refractivity contribution is 0.476. The molecule has 4 nitrogen and oxygen atoms in total. The van der Waals surface area contributed by atoms with Crippen LogP contribution in [0, 0.1) is 6.92 Å². The van der Waals surface area contributed by atoms with E-state index in [0.717, 1.165) is 0 Å². The van der Waals surface area contributed by atoms with Crippen LogP contribution in [-0.2, 0) is 7.05 Å². The van der Waals surface area contributed by atoms with Crippen molar-refractivity contribution in [3.8, 4) is 5.75 Å². The summed E-state index contributed by atoms with van der Waals surface area (Å²) in [5.74, 6) is 0.755. The molecule has 0 unspecified atom stereocenters. The fraction of sp³-hybridized carbons (Fsp3) is 0.200. The predicted octanol–water partition coefficient (Wildman–Crippen LogP) is 0.948. The SMILES string of the molecule is Cc1nc2cc(O)ccc2c(=O)n1C. The summed E-state index contributed by atoms with van der Waals surface area (Å²) in [5.41, 5.74) is 0.443. The van der Waals surface area contributed by atoms with Crippen molar-refractivity contribution in [1.29, 1.82) is 0 Å². The number of phenols is 1. The lowest BCUT2D eigenvalue weighted by Crippen LogP contribution is -2.20. The van der Waals surface area contributed by atoms with Gasteiger partial charge in [0.25, 0.3) is 5.56 Å². The highest BCUT2D eigenvalue weighted by atomic mass is 16.3. The zero-order valence-electron chi connectivity index (χ0n) is 7.98. The molecule has 1 heterocycles. The number of aryl methyl sites for hydroxylation is 1. The summed E-state index contributed by atoms with van der Waals surface area (Å²) in [6.07, 6.45) is 0. The molecule has 72 valence electrons. The van der Waals surface area contributed by atoms with Gasteiger partial charge in [0, 0.05) is 13.1 Å². The van der Waals surface area contributed by atoms with E-state index < -0.39 is 0 Å². The van der Waals surface area contributed by atoms with Crippen LogP contribution in [0.15, 0.2) is 23.0 Å². The van der Waals surface area contributed by atoms with Crippen molar-refractivity contribution in [3.05, 3.63) is 34.4 Å². The molecule has 14 heavy (non-hydrogen) atoms. The maximum Gasteiger partial charge on any atom is 0.261 e. The van der Waals surface area contributed by atoms with Gasteiger partial charge in [-0.15, -0.1) is 0 Å². The molecule has 1 aromatic carbocycles. The van der Waals surface area contributed by atoms with Crippen LogP contribution in [0.3, 0.4) is 0 Å². The molecule has 0 radical (unpaired) electrons. The predicted molar refractivity (Wildman–Crippen MR) is 53.4 cm³/mol. The minimum atomic E-state index is -0.0903. The molecule has 0 spiro atoms. The van der Waals surface area contributed by atoms with Crippen molar-refractivity contribution >= 4 is 10.9 Å². The molecule has 0 aliphatic heterocycles. The Morgan fingerprint density at radius 2 is 2.14 bits per heavy atom. The van der Waals surface area contributed by atoms with Crippen LogP contribution in [-0.4, -0.2) is 14.7 Å². The van der Waals surface area contributed by atoms with Crippen LogP contribution in [0.1, 0.15) is 5.82 Å². The number of hydrogen-bond acceptors (Lipinski definition) is 3. The smallest absolute Gasteiger partial charge is 0.261 e. The summed E-state index contributed by atoms with van der Waals surface area (Å²) in [6.45, 7) is 1.75. The van der Waals surface area contributed by atoms with E-state index in [9.17, 15) is 9.90 Å². The van der Waals surface area contributed by atoms with Gasteiger partial charge in [-0.1, -0.05) is 0 Å². The third-order valence-electron chi connectivity index (χ3n) is 2.28. The van der Waals surface area contributed by atoms with Gasteiger partial charge >= 0.3 is 0 Å². The van der Waals surface area contributed by atoms with Crippen molar-refractivity contribution < 1.29 is 5.11 Å². The second-order valence-electron chi connectivity index (χ2n) is 3.22. The van der Waals surface area contributed by atoms with Gasteiger partial charge in [0.2, 0.25) is 0 Å². The summed E-state index contributed by atoms with van der Waals surface area (Å²) >= 11 is 0. The normalized spacial score (nSPS) is 10.7. The second kappa shape index (κ2) is 2.83. The van der Waals surface area contributed by atoms with E-state index in [1.807, 2.05) is 0 Å². The maximum absolute atomic E-state index is 11.7. The van der Waals surface area contributed by atoms with Crippen LogP contribution in [0.2, 0.25) is 0 Å². The van der Waals surface area contributed by atoms with Crippen molar-refractivity contribution in [2.24, 2.45) is 7.05 Å².